The zero-order valence-electron chi connectivity index (χ0n) is 20.6. The SMILES string of the molecule is COc1cccc2[nH]c(C(=O)C[C@@H](C[Si](C)(C)C)C(=O)N[C@H](C#N)C[C@@H]3CCCCC3=O)cc12. The molecule has 7 nitrogen and oxygen atoms in total. The number of carbonyl (C=O) groups excluding carboxylic acids is 3. The molecule has 34 heavy (non-hydrogen) atoms. The maximum atomic E-state index is 13.2. The van der Waals surface area contributed by atoms with Gasteiger partial charge in [0.2, 0.25) is 5.91 Å². The molecule has 2 aromatic rings. The molecule has 1 aromatic heterocycles. The number of ketones is 2. The summed E-state index contributed by atoms with van der Waals surface area (Å²) in [7, 11) is -0.105. The van der Waals surface area contributed by atoms with Gasteiger partial charge in [0.15, 0.2) is 5.78 Å². The number of fused-ring (bicyclic) bond motifs is 1. The van der Waals surface area contributed by atoms with Crippen LogP contribution in [-0.2, 0) is 9.59 Å². The second-order valence-electron chi connectivity index (χ2n) is 10.5. The lowest BCUT2D eigenvalue weighted by Crippen LogP contribution is -2.42. The summed E-state index contributed by atoms with van der Waals surface area (Å²) in [6.07, 6.45) is 3.61. The molecule has 3 rings (SSSR count). The fourth-order valence-corrected chi connectivity index (χ4v) is 6.62. The Balaban J connectivity index is 1.74. The number of benzene rings is 1. The maximum Gasteiger partial charge on any atom is 0.224 e. The number of methoxy groups -OCH3 is 1. The van der Waals surface area contributed by atoms with Gasteiger partial charge < -0.3 is 15.0 Å². The molecule has 0 saturated heterocycles. The normalized spacial score (nSPS) is 18.2. The van der Waals surface area contributed by atoms with Crippen molar-refractivity contribution in [2.75, 3.05) is 7.11 Å². The minimum atomic E-state index is -1.69. The van der Waals surface area contributed by atoms with Gasteiger partial charge in [-0.3, -0.25) is 14.4 Å². The van der Waals surface area contributed by atoms with Gasteiger partial charge in [-0.25, -0.2) is 0 Å². The van der Waals surface area contributed by atoms with E-state index in [9.17, 15) is 19.6 Å². The summed E-state index contributed by atoms with van der Waals surface area (Å²) in [5.74, 6) is -0.253. The summed E-state index contributed by atoms with van der Waals surface area (Å²) < 4.78 is 5.39. The molecule has 8 heteroatoms. The molecule has 1 aliphatic rings. The fraction of sp³-hybridized carbons (Fsp3) is 0.538. The van der Waals surface area contributed by atoms with E-state index >= 15 is 0 Å². The Labute approximate surface area is 202 Å². The minimum absolute atomic E-state index is 0.0613. The van der Waals surface area contributed by atoms with Crippen molar-refractivity contribution < 1.29 is 19.1 Å². The van der Waals surface area contributed by atoms with Crippen LogP contribution in [0.2, 0.25) is 25.7 Å². The molecule has 1 fully saturated rings. The van der Waals surface area contributed by atoms with Gasteiger partial charge in [0, 0.05) is 43.7 Å². The minimum Gasteiger partial charge on any atom is -0.496 e. The van der Waals surface area contributed by atoms with Crippen LogP contribution in [0.1, 0.15) is 49.0 Å². The molecular weight excluding hydrogens is 446 g/mol. The van der Waals surface area contributed by atoms with Gasteiger partial charge in [0.05, 0.1) is 18.9 Å². The van der Waals surface area contributed by atoms with Crippen molar-refractivity contribution in [2.45, 2.75) is 70.3 Å². The highest BCUT2D eigenvalue weighted by atomic mass is 28.3. The number of nitriles is 1. The van der Waals surface area contributed by atoms with Crippen LogP contribution in [-0.4, -0.2) is 43.7 Å². The maximum absolute atomic E-state index is 13.2. The number of nitrogens with one attached hydrogen (secondary N) is 2. The van der Waals surface area contributed by atoms with Crippen LogP contribution >= 0.6 is 0 Å². The van der Waals surface area contributed by atoms with E-state index in [1.807, 2.05) is 18.2 Å². The van der Waals surface area contributed by atoms with Gasteiger partial charge in [-0.05, 0) is 43.5 Å². The van der Waals surface area contributed by atoms with Crippen molar-refractivity contribution in [1.82, 2.24) is 10.3 Å². The highest BCUT2D eigenvalue weighted by Gasteiger charge is 2.32. The molecule has 2 N–H and O–H groups in total. The third-order valence-electron chi connectivity index (χ3n) is 6.48. The van der Waals surface area contributed by atoms with Crippen molar-refractivity contribution in [3.05, 3.63) is 30.0 Å². The molecule has 3 atom stereocenters. The van der Waals surface area contributed by atoms with Crippen molar-refractivity contribution in [1.29, 1.82) is 5.26 Å². The van der Waals surface area contributed by atoms with E-state index in [4.69, 9.17) is 4.74 Å². The number of hydrogen-bond acceptors (Lipinski definition) is 5. The predicted molar refractivity (Wildman–Crippen MR) is 135 cm³/mol. The summed E-state index contributed by atoms with van der Waals surface area (Å²) in [6.45, 7) is 6.48. The molecule has 1 amide bonds. The number of hydrogen-bond donors (Lipinski definition) is 2. The molecular formula is C26H35N3O4Si. The number of aromatic nitrogens is 1. The summed E-state index contributed by atoms with van der Waals surface area (Å²) >= 11 is 0. The molecule has 0 bridgehead atoms. The number of H-pyrrole nitrogens is 1. The third kappa shape index (κ3) is 6.57. The number of nitrogens with zero attached hydrogens (tertiary/aromatic N) is 1. The Morgan fingerprint density at radius 1 is 1.29 bits per heavy atom. The Bertz CT molecular complexity index is 1100. The second kappa shape index (κ2) is 11.0. The molecule has 0 spiro atoms. The Hall–Kier alpha value is -2.92. The molecule has 1 aromatic carbocycles. The first kappa shape index (κ1) is 25.7. The van der Waals surface area contributed by atoms with Gasteiger partial charge in [-0.15, -0.1) is 0 Å². The lowest BCUT2D eigenvalue weighted by molar-refractivity contribution is -0.127. The summed E-state index contributed by atoms with van der Waals surface area (Å²) in [6, 6.07) is 9.41. The predicted octanol–water partition coefficient (Wildman–Crippen LogP) is 4.86. The van der Waals surface area contributed by atoms with E-state index < -0.39 is 20.0 Å². The largest absolute Gasteiger partial charge is 0.496 e. The number of Topliss-reactive ketones (excluding diaryl/α,β-unsaturated/α-hetero) is 2. The number of amides is 1. The second-order valence-corrected chi connectivity index (χ2v) is 16.1. The molecule has 1 heterocycles. The average molecular weight is 482 g/mol. The van der Waals surface area contributed by atoms with E-state index in [1.165, 1.54) is 0 Å². The molecule has 182 valence electrons. The van der Waals surface area contributed by atoms with E-state index in [1.54, 1.807) is 13.2 Å². The molecule has 1 aliphatic carbocycles. The lowest BCUT2D eigenvalue weighted by Gasteiger charge is -2.26. The molecule has 0 radical (unpaired) electrons. The average Bonchev–Trinajstić information content (AvgIpc) is 3.23. The van der Waals surface area contributed by atoms with Crippen LogP contribution in [0.3, 0.4) is 0 Å². The van der Waals surface area contributed by atoms with Crippen LogP contribution in [0.15, 0.2) is 24.3 Å². The number of rotatable bonds is 10. The van der Waals surface area contributed by atoms with Crippen LogP contribution in [0.5, 0.6) is 5.75 Å². The Morgan fingerprint density at radius 3 is 2.71 bits per heavy atom. The first-order valence-electron chi connectivity index (χ1n) is 12.0. The van der Waals surface area contributed by atoms with E-state index in [0.717, 1.165) is 30.2 Å². The van der Waals surface area contributed by atoms with Gasteiger partial charge in [0.1, 0.15) is 17.6 Å². The smallest absolute Gasteiger partial charge is 0.224 e. The van der Waals surface area contributed by atoms with E-state index in [2.05, 4.69) is 36.0 Å². The van der Waals surface area contributed by atoms with Crippen molar-refractivity contribution in [2.24, 2.45) is 11.8 Å². The van der Waals surface area contributed by atoms with Crippen LogP contribution in [0, 0.1) is 23.2 Å². The van der Waals surface area contributed by atoms with Crippen molar-refractivity contribution in [3.63, 3.8) is 0 Å². The summed E-state index contributed by atoms with van der Waals surface area (Å²) in [5.41, 5.74) is 1.24. The van der Waals surface area contributed by atoms with Crippen LogP contribution in [0.4, 0.5) is 0 Å². The quantitative estimate of drug-likeness (QED) is 0.372. The topological polar surface area (TPSA) is 112 Å². The summed E-state index contributed by atoms with van der Waals surface area (Å²) in [5, 5.41) is 13.3. The van der Waals surface area contributed by atoms with Gasteiger partial charge >= 0.3 is 0 Å². The highest BCUT2D eigenvalue weighted by Crippen LogP contribution is 2.29. The van der Waals surface area contributed by atoms with E-state index in [0.29, 0.717) is 30.3 Å². The van der Waals surface area contributed by atoms with Crippen LogP contribution < -0.4 is 10.1 Å². The summed E-state index contributed by atoms with van der Waals surface area (Å²) in [4.78, 5) is 41.8. The Kier molecular flexibility index (Phi) is 8.31. The first-order chi connectivity index (χ1) is 16.1. The molecule has 0 aliphatic heterocycles. The number of aromatic amines is 1. The standard InChI is InChI=1S/C26H35N3O4Si/c1-33-25-11-7-9-21-20(25)14-22(29-21)24(31)13-18(16-34(2,3)4)26(32)28-19(15-27)12-17-8-5-6-10-23(17)30/h7,9,11,14,17-19,29H,5-6,8,10,12-13,16H2,1-4H3,(H,28,32)/t17-,18-,19-/m0/s1. The van der Waals surface area contributed by atoms with E-state index in [-0.39, 0.29) is 29.8 Å². The monoisotopic (exact) mass is 481 g/mol. The Morgan fingerprint density at radius 2 is 2.06 bits per heavy atom. The number of ether oxygens (including phenoxy) is 1. The lowest BCUT2D eigenvalue weighted by atomic mass is 9.84. The number of carbonyl (C=O) groups is 3. The van der Waals surface area contributed by atoms with Gasteiger partial charge in [0.25, 0.3) is 0 Å². The zero-order valence-corrected chi connectivity index (χ0v) is 21.6. The highest BCUT2D eigenvalue weighted by molar-refractivity contribution is 6.76. The first-order valence-corrected chi connectivity index (χ1v) is 15.7. The van der Waals surface area contributed by atoms with Crippen molar-refractivity contribution >= 4 is 36.5 Å². The van der Waals surface area contributed by atoms with Crippen molar-refractivity contribution in [3.8, 4) is 11.8 Å². The van der Waals surface area contributed by atoms with Crippen LogP contribution in [0.25, 0.3) is 10.9 Å². The third-order valence-corrected chi connectivity index (χ3v) is 8.20. The van der Waals surface area contributed by atoms with Gasteiger partial charge in [-0.2, -0.15) is 5.26 Å². The zero-order chi connectivity index (χ0) is 24.9. The fourth-order valence-electron chi connectivity index (χ4n) is 4.81. The molecule has 0 unspecified atom stereocenters. The van der Waals surface area contributed by atoms with Gasteiger partial charge in [-0.1, -0.05) is 32.1 Å². The molecule has 1 saturated carbocycles.